The van der Waals surface area contributed by atoms with Crippen LogP contribution in [0.25, 0.3) is 0 Å². The molecule has 0 fully saturated rings. The summed E-state index contributed by atoms with van der Waals surface area (Å²) in [7, 11) is -3.87. The van der Waals surface area contributed by atoms with Gasteiger partial charge in [-0.15, -0.1) is 0 Å². The number of para-hydroxylation sites is 1. The van der Waals surface area contributed by atoms with Crippen LogP contribution < -0.4 is 14.4 Å². The highest BCUT2D eigenvalue weighted by Crippen LogP contribution is 2.26. The number of hydrogen-bond donors (Lipinski definition) is 1. The standard InChI is InChI=1S/C35H39N3O5S/c1-27(2)24-36-35(40)33(23-28-13-7-4-8-14-28)37(25-29-15-9-5-10-16-29)34(39)26-38(44(3,41)42)30-19-21-32(22-20-30)43-31-17-11-6-12-18-31/h4-22,27,33H,23-26H2,1-3H3,(H,36,40)/t33-/m0/s1. The molecule has 0 heterocycles. The summed E-state index contributed by atoms with van der Waals surface area (Å²) in [5, 5.41) is 2.99. The maximum absolute atomic E-state index is 14.2. The first-order valence-corrected chi connectivity index (χ1v) is 16.4. The number of rotatable bonds is 14. The van der Waals surface area contributed by atoms with E-state index in [1.807, 2.05) is 105 Å². The zero-order valence-corrected chi connectivity index (χ0v) is 26.1. The summed E-state index contributed by atoms with van der Waals surface area (Å²) in [6, 6.07) is 33.8. The summed E-state index contributed by atoms with van der Waals surface area (Å²) in [6.07, 6.45) is 1.33. The summed E-state index contributed by atoms with van der Waals surface area (Å²) in [5.74, 6) is 0.594. The van der Waals surface area contributed by atoms with Crippen molar-refractivity contribution < 1.29 is 22.7 Å². The molecule has 1 N–H and O–H groups in total. The molecule has 4 aromatic rings. The Bertz CT molecular complexity index is 1600. The summed E-state index contributed by atoms with van der Waals surface area (Å²) in [6.45, 7) is 4.10. The van der Waals surface area contributed by atoms with Gasteiger partial charge in [0, 0.05) is 19.5 Å². The van der Waals surface area contributed by atoms with Crippen LogP contribution in [0, 0.1) is 5.92 Å². The van der Waals surface area contributed by atoms with Gasteiger partial charge in [-0.25, -0.2) is 8.42 Å². The zero-order chi connectivity index (χ0) is 31.5. The van der Waals surface area contributed by atoms with Crippen LogP contribution >= 0.6 is 0 Å². The predicted molar refractivity (Wildman–Crippen MR) is 174 cm³/mol. The predicted octanol–water partition coefficient (Wildman–Crippen LogP) is 5.66. The first kappa shape index (κ1) is 32.3. The number of sulfonamides is 1. The lowest BCUT2D eigenvalue weighted by Gasteiger charge is -2.33. The summed E-state index contributed by atoms with van der Waals surface area (Å²) in [4.78, 5) is 29.3. The van der Waals surface area contributed by atoms with E-state index in [1.54, 1.807) is 24.3 Å². The Kier molecular flexibility index (Phi) is 11.2. The Morgan fingerprint density at radius 2 is 1.27 bits per heavy atom. The van der Waals surface area contributed by atoms with Gasteiger partial charge in [0.25, 0.3) is 0 Å². The highest BCUT2D eigenvalue weighted by Gasteiger charge is 2.33. The molecule has 0 spiro atoms. The van der Waals surface area contributed by atoms with Gasteiger partial charge in [0.1, 0.15) is 24.1 Å². The summed E-state index contributed by atoms with van der Waals surface area (Å²) in [5.41, 5.74) is 2.02. The molecule has 230 valence electrons. The molecule has 0 aliphatic rings. The minimum atomic E-state index is -3.87. The third-order valence-corrected chi connectivity index (χ3v) is 8.07. The van der Waals surface area contributed by atoms with Crippen LogP contribution in [0.4, 0.5) is 5.69 Å². The van der Waals surface area contributed by atoms with Crippen LogP contribution in [-0.2, 0) is 32.6 Å². The molecule has 4 aromatic carbocycles. The van der Waals surface area contributed by atoms with E-state index in [0.717, 1.165) is 21.7 Å². The SMILES string of the molecule is CC(C)CNC(=O)[C@H](Cc1ccccc1)N(Cc1ccccc1)C(=O)CN(c1ccc(Oc2ccccc2)cc1)S(C)(=O)=O. The van der Waals surface area contributed by atoms with E-state index >= 15 is 0 Å². The smallest absolute Gasteiger partial charge is 0.244 e. The number of carbonyl (C=O) groups is 2. The van der Waals surface area contributed by atoms with Gasteiger partial charge in [-0.05, 0) is 53.4 Å². The zero-order valence-electron chi connectivity index (χ0n) is 25.3. The molecule has 0 saturated carbocycles. The first-order valence-electron chi connectivity index (χ1n) is 14.6. The molecule has 9 heteroatoms. The summed E-state index contributed by atoms with van der Waals surface area (Å²) < 4.78 is 33.0. The Balaban J connectivity index is 1.65. The fraction of sp³-hybridized carbons (Fsp3) is 0.257. The van der Waals surface area contributed by atoms with Gasteiger partial charge in [-0.3, -0.25) is 13.9 Å². The average Bonchev–Trinajstić information content (AvgIpc) is 3.01. The van der Waals surface area contributed by atoms with Gasteiger partial charge in [0.15, 0.2) is 0 Å². The molecule has 1 atom stereocenters. The monoisotopic (exact) mass is 613 g/mol. The highest BCUT2D eigenvalue weighted by atomic mass is 32.2. The van der Waals surface area contributed by atoms with Crippen LogP contribution in [0.2, 0.25) is 0 Å². The number of benzene rings is 4. The molecule has 0 saturated heterocycles. The van der Waals surface area contributed by atoms with Crippen molar-refractivity contribution in [2.45, 2.75) is 32.9 Å². The molecule has 0 unspecified atom stereocenters. The maximum atomic E-state index is 14.2. The third-order valence-electron chi connectivity index (χ3n) is 6.93. The number of carbonyl (C=O) groups excluding carboxylic acids is 2. The Hall–Kier alpha value is -4.63. The maximum Gasteiger partial charge on any atom is 0.244 e. The molecule has 0 aliphatic carbocycles. The van der Waals surface area contributed by atoms with Crippen molar-refractivity contribution in [2.24, 2.45) is 5.92 Å². The van der Waals surface area contributed by atoms with Crippen molar-refractivity contribution >= 4 is 27.5 Å². The number of hydrogen-bond acceptors (Lipinski definition) is 5. The lowest BCUT2D eigenvalue weighted by atomic mass is 10.0. The fourth-order valence-corrected chi connectivity index (χ4v) is 5.52. The molecule has 0 aliphatic heterocycles. The number of ether oxygens (including phenoxy) is 1. The fourth-order valence-electron chi connectivity index (χ4n) is 4.68. The first-order chi connectivity index (χ1) is 21.1. The lowest BCUT2D eigenvalue weighted by Crippen LogP contribution is -2.53. The number of amides is 2. The van der Waals surface area contributed by atoms with Crippen LogP contribution in [0.3, 0.4) is 0 Å². The van der Waals surface area contributed by atoms with E-state index in [0.29, 0.717) is 23.7 Å². The number of nitrogens with zero attached hydrogens (tertiary/aromatic N) is 2. The van der Waals surface area contributed by atoms with Gasteiger partial charge in [-0.1, -0.05) is 92.7 Å². The molecule has 44 heavy (non-hydrogen) atoms. The second-order valence-corrected chi connectivity index (χ2v) is 12.9. The number of anilines is 1. The van der Waals surface area contributed by atoms with Gasteiger partial charge in [0.05, 0.1) is 11.9 Å². The van der Waals surface area contributed by atoms with Crippen molar-refractivity contribution in [3.8, 4) is 11.5 Å². The molecule has 8 nitrogen and oxygen atoms in total. The lowest BCUT2D eigenvalue weighted by molar-refractivity contribution is -0.140. The minimum absolute atomic E-state index is 0.133. The van der Waals surface area contributed by atoms with Crippen molar-refractivity contribution in [3.05, 3.63) is 126 Å². The largest absolute Gasteiger partial charge is 0.457 e. The van der Waals surface area contributed by atoms with E-state index in [4.69, 9.17) is 4.74 Å². The van der Waals surface area contributed by atoms with Crippen LogP contribution in [0.1, 0.15) is 25.0 Å². The Labute approximate surface area is 260 Å². The molecule has 2 amide bonds. The molecular weight excluding hydrogens is 574 g/mol. The van der Waals surface area contributed by atoms with Gasteiger partial charge in [-0.2, -0.15) is 0 Å². The van der Waals surface area contributed by atoms with E-state index in [2.05, 4.69) is 5.32 Å². The molecule has 4 rings (SSSR count). The summed E-state index contributed by atoms with van der Waals surface area (Å²) >= 11 is 0. The van der Waals surface area contributed by atoms with Crippen molar-refractivity contribution in [1.82, 2.24) is 10.2 Å². The Morgan fingerprint density at radius 1 is 0.750 bits per heavy atom. The highest BCUT2D eigenvalue weighted by molar-refractivity contribution is 7.92. The normalized spacial score (nSPS) is 11.9. The topological polar surface area (TPSA) is 96.0 Å². The van der Waals surface area contributed by atoms with Crippen molar-refractivity contribution in [3.63, 3.8) is 0 Å². The van der Waals surface area contributed by atoms with Crippen LogP contribution in [0.5, 0.6) is 11.5 Å². The second-order valence-electron chi connectivity index (χ2n) is 11.0. The Morgan fingerprint density at radius 3 is 1.82 bits per heavy atom. The molecule has 0 radical (unpaired) electrons. The van der Waals surface area contributed by atoms with E-state index in [1.165, 1.54) is 4.90 Å². The third kappa shape index (κ3) is 9.44. The molecule has 0 aromatic heterocycles. The average molecular weight is 614 g/mol. The molecule has 0 bridgehead atoms. The number of nitrogens with one attached hydrogen (secondary N) is 1. The quantitative estimate of drug-likeness (QED) is 0.198. The van der Waals surface area contributed by atoms with Gasteiger partial charge < -0.3 is 15.0 Å². The van der Waals surface area contributed by atoms with Crippen LogP contribution in [-0.4, -0.2) is 50.5 Å². The van der Waals surface area contributed by atoms with Gasteiger partial charge in [0.2, 0.25) is 21.8 Å². The van der Waals surface area contributed by atoms with Crippen molar-refractivity contribution in [2.75, 3.05) is 23.7 Å². The van der Waals surface area contributed by atoms with E-state index in [9.17, 15) is 18.0 Å². The van der Waals surface area contributed by atoms with E-state index < -0.39 is 28.5 Å². The second kappa shape index (κ2) is 15.2. The molecular formula is C35H39N3O5S. The minimum Gasteiger partial charge on any atom is -0.457 e. The van der Waals surface area contributed by atoms with Crippen LogP contribution in [0.15, 0.2) is 115 Å². The van der Waals surface area contributed by atoms with E-state index in [-0.39, 0.29) is 24.8 Å². The van der Waals surface area contributed by atoms with Gasteiger partial charge >= 0.3 is 0 Å². The van der Waals surface area contributed by atoms with Crippen molar-refractivity contribution in [1.29, 1.82) is 0 Å².